The molecular weight excluding hydrogens is 274 g/mol. The quantitative estimate of drug-likeness (QED) is 0.885. The van der Waals surface area contributed by atoms with Crippen LogP contribution in [0.3, 0.4) is 0 Å². The van der Waals surface area contributed by atoms with Crippen LogP contribution in [-0.2, 0) is 4.79 Å². The second kappa shape index (κ2) is 5.25. The molecule has 21 heavy (non-hydrogen) atoms. The second-order valence-electron chi connectivity index (χ2n) is 5.12. The van der Waals surface area contributed by atoms with Gasteiger partial charge in [0, 0.05) is 12.1 Å². The van der Waals surface area contributed by atoms with Crippen LogP contribution in [0.15, 0.2) is 12.1 Å². The Labute approximate surface area is 121 Å². The summed E-state index contributed by atoms with van der Waals surface area (Å²) in [5, 5.41) is 8.86. The fourth-order valence-electron chi connectivity index (χ4n) is 2.32. The van der Waals surface area contributed by atoms with E-state index in [0.717, 1.165) is 16.9 Å². The van der Waals surface area contributed by atoms with Crippen molar-refractivity contribution in [2.45, 2.75) is 13.0 Å². The summed E-state index contributed by atoms with van der Waals surface area (Å²) < 4.78 is 11.1. The lowest BCUT2D eigenvalue weighted by molar-refractivity contribution is -0.138. The van der Waals surface area contributed by atoms with E-state index < -0.39 is 5.97 Å². The molecule has 7 nitrogen and oxygen atoms in total. The number of hydrogen-bond donors (Lipinski definition) is 2. The number of aromatic amines is 1. The summed E-state index contributed by atoms with van der Waals surface area (Å²) in [6.07, 6.45) is 0. The normalized spacial score (nSPS) is 15.4. The topological polar surface area (TPSA) is 87.7 Å². The summed E-state index contributed by atoms with van der Waals surface area (Å²) in [5.41, 5.74) is 1.63. The molecule has 0 radical (unpaired) electrons. The van der Waals surface area contributed by atoms with Gasteiger partial charge in [0.25, 0.3) is 0 Å². The Balaban J connectivity index is 1.91. The zero-order valence-electron chi connectivity index (χ0n) is 11.9. The number of rotatable bonds is 4. The molecule has 2 N–H and O–H groups in total. The number of fused-ring (bicyclic) bond motifs is 2. The minimum absolute atomic E-state index is 0.0407. The number of carbonyl (C=O) groups is 1. The Bertz CT molecular complexity index is 639. The van der Waals surface area contributed by atoms with Gasteiger partial charge in [0.1, 0.15) is 19.0 Å². The Kier molecular flexibility index (Phi) is 3.42. The second-order valence-corrected chi connectivity index (χ2v) is 5.12. The number of hydrogen-bond acceptors (Lipinski definition) is 5. The number of nitrogens with one attached hydrogen (secondary N) is 1. The lowest BCUT2D eigenvalue weighted by atomic mass is 10.2. The molecule has 1 aliphatic heterocycles. The monoisotopic (exact) mass is 291 g/mol. The Morgan fingerprint density at radius 3 is 2.76 bits per heavy atom. The third-order valence-electron chi connectivity index (χ3n) is 3.61. The van der Waals surface area contributed by atoms with Gasteiger partial charge in [0.2, 0.25) is 0 Å². The maximum Gasteiger partial charge on any atom is 0.317 e. The average molecular weight is 291 g/mol. The van der Waals surface area contributed by atoms with Gasteiger partial charge in [0.05, 0.1) is 23.6 Å². The number of nitrogens with zero attached hydrogens (tertiary/aromatic N) is 2. The van der Waals surface area contributed by atoms with E-state index >= 15 is 0 Å². The molecule has 3 rings (SSSR count). The van der Waals surface area contributed by atoms with Gasteiger partial charge in [-0.05, 0) is 14.0 Å². The van der Waals surface area contributed by atoms with Gasteiger partial charge >= 0.3 is 5.97 Å². The molecule has 0 fully saturated rings. The summed E-state index contributed by atoms with van der Waals surface area (Å²) in [7, 11) is 1.75. The number of aromatic nitrogens is 2. The summed E-state index contributed by atoms with van der Waals surface area (Å²) >= 11 is 0. The van der Waals surface area contributed by atoms with E-state index in [9.17, 15) is 4.79 Å². The Morgan fingerprint density at radius 2 is 2.10 bits per heavy atom. The number of likely N-dealkylation sites (N-methyl/N-ethyl adjacent to an activating group) is 1. The third-order valence-corrected chi connectivity index (χ3v) is 3.61. The largest absolute Gasteiger partial charge is 0.486 e. The summed E-state index contributed by atoms with van der Waals surface area (Å²) in [6, 6.07) is 3.57. The molecule has 0 bridgehead atoms. The summed E-state index contributed by atoms with van der Waals surface area (Å²) in [5.74, 6) is 1.25. The minimum atomic E-state index is -0.863. The zero-order chi connectivity index (χ0) is 15.0. The summed E-state index contributed by atoms with van der Waals surface area (Å²) in [6.45, 7) is 2.94. The van der Waals surface area contributed by atoms with Gasteiger partial charge in [-0.25, -0.2) is 4.98 Å². The molecule has 112 valence electrons. The van der Waals surface area contributed by atoms with Crippen LogP contribution < -0.4 is 9.47 Å². The van der Waals surface area contributed by atoms with Crippen molar-refractivity contribution >= 4 is 17.0 Å². The van der Waals surface area contributed by atoms with Crippen molar-refractivity contribution in [3.63, 3.8) is 0 Å². The highest BCUT2D eigenvalue weighted by molar-refractivity contribution is 5.80. The van der Waals surface area contributed by atoms with Gasteiger partial charge in [0.15, 0.2) is 11.5 Å². The lowest BCUT2D eigenvalue weighted by Crippen LogP contribution is -2.29. The number of carboxylic acid groups (broad SMARTS) is 1. The van der Waals surface area contributed by atoms with Crippen molar-refractivity contribution in [1.29, 1.82) is 0 Å². The van der Waals surface area contributed by atoms with Crippen LogP contribution >= 0.6 is 0 Å². The first-order chi connectivity index (χ1) is 10.0. The van der Waals surface area contributed by atoms with E-state index in [1.165, 1.54) is 0 Å². The van der Waals surface area contributed by atoms with Crippen LogP contribution in [0.4, 0.5) is 0 Å². The van der Waals surface area contributed by atoms with Crippen molar-refractivity contribution in [1.82, 2.24) is 14.9 Å². The number of imidazole rings is 1. The molecule has 0 aliphatic carbocycles. The van der Waals surface area contributed by atoms with Crippen molar-refractivity contribution in [2.24, 2.45) is 0 Å². The lowest BCUT2D eigenvalue weighted by Gasteiger charge is -2.20. The summed E-state index contributed by atoms with van der Waals surface area (Å²) in [4.78, 5) is 20.2. The van der Waals surface area contributed by atoms with Crippen LogP contribution in [0.2, 0.25) is 0 Å². The van der Waals surface area contributed by atoms with E-state index in [4.69, 9.17) is 14.6 Å². The maximum absolute atomic E-state index is 10.8. The highest BCUT2D eigenvalue weighted by Crippen LogP contribution is 2.34. The van der Waals surface area contributed by atoms with Gasteiger partial charge in [-0.2, -0.15) is 0 Å². The fraction of sp³-hybridized carbons (Fsp3) is 0.429. The first-order valence-electron chi connectivity index (χ1n) is 6.76. The number of carboxylic acids is 1. The first-order valence-corrected chi connectivity index (χ1v) is 6.76. The Morgan fingerprint density at radius 1 is 1.43 bits per heavy atom. The van der Waals surface area contributed by atoms with Crippen molar-refractivity contribution in [3.05, 3.63) is 18.0 Å². The van der Waals surface area contributed by atoms with Crippen LogP contribution in [-0.4, -0.2) is 52.7 Å². The first kappa shape index (κ1) is 13.7. The molecule has 2 heterocycles. The van der Waals surface area contributed by atoms with Crippen LogP contribution in [0.1, 0.15) is 18.8 Å². The molecule has 7 heteroatoms. The number of benzene rings is 1. The van der Waals surface area contributed by atoms with Gasteiger partial charge in [-0.15, -0.1) is 0 Å². The van der Waals surface area contributed by atoms with Crippen LogP contribution in [0, 0.1) is 0 Å². The molecule has 0 saturated heterocycles. The van der Waals surface area contributed by atoms with Gasteiger partial charge in [-0.1, -0.05) is 0 Å². The van der Waals surface area contributed by atoms with Crippen molar-refractivity contribution in [2.75, 3.05) is 26.8 Å². The van der Waals surface area contributed by atoms with E-state index in [2.05, 4.69) is 9.97 Å². The molecule has 0 spiro atoms. The molecule has 2 aromatic rings. The zero-order valence-corrected chi connectivity index (χ0v) is 11.9. The van der Waals surface area contributed by atoms with Crippen LogP contribution in [0.5, 0.6) is 11.5 Å². The van der Waals surface area contributed by atoms with Crippen molar-refractivity contribution in [3.8, 4) is 11.5 Å². The smallest absolute Gasteiger partial charge is 0.317 e. The maximum atomic E-state index is 10.8. The van der Waals surface area contributed by atoms with E-state index in [1.807, 2.05) is 19.1 Å². The minimum Gasteiger partial charge on any atom is -0.486 e. The number of aliphatic carboxylic acids is 1. The predicted molar refractivity (Wildman–Crippen MR) is 75.8 cm³/mol. The van der Waals surface area contributed by atoms with Gasteiger partial charge in [-0.3, -0.25) is 9.69 Å². The highest BCUT2D eigenvalue weighted by atomic mass is 16.6. The molecule has 1 aliphatic rings. The van der Waals surface area contributed by atoms with E-state index in [-0.39, 0.29) is 12.6 Å². The number of ether oxygens (including phenoxy) is 2. The van der Waals surface area contributed by atoms with E-state index in [0.29, 0.717) is 24.7 Å². The Hall–Kier alpha value is -2.28. The van der Waals surface area contributed by atoms with E-state index in [1.54, 1.807) is 11.9 Å². The van der Waals surface area contributed by atoms with Crippen LogP contribution in [0.25, 0.3) is 11.0 Å². The molecule has 1 unspecified atom stereocenters. The number of H-pyrrole nitrogens is 1. The molecular formula is C14H17N3O4. The third kappa shape index (κ3) is 2.64. The average Bonchev–Trinajstić information content (AvgIpc) is 2.85. The molecule has 0 amide bonds. The highest BCUT2D eigenvalue weighted by Gasteiger charge is 2.20. The molecule has 1 aromatic heterocycles. The predicted octanol–water partition coefficient (Wildman–Crippen LogP) is 1.41. The van der Waals surface area contributed by atoms with Crippen molar-refractivity contribution < 1.29 is 19.4 Å². The molecule has 0 saturated carbocycles. The van der Waals surface area contributed by atoms with Gasteiger partial charge < -0.3 is 19.6 Å². The SMILES string of the molecule is CC(c1nc2cc3c(cc2[nH]1)OCCO3)N(C)CC(=O)O. The molecule has 1 aromatic carbocycles. The molecule has 1 atom stereocenters. The fourth-order valence-corrected chi connectivity index (χ4v) is 2.32. The standard InChI is InChI=1S/C14H17N3O4/c1-8(17(2)7-13(18)19)14-15-9-5-11-12(6-10(9)16-14)21-4-3-20-11/h5-6,8H,3-4,7H2,1-2H3,(H,15,16)(H,18,19).